The molecule has 1 aliphatic rings. The van der Waals surface area contributed by atoms with Gasteiger partial charge in [0.25, 0.3) is 0 Å². The molecule has 1 heterocycles. The van der Waals surface area contributed by atoms with E-state index in [1.165, 1.54) is 13.0 Å². The predicted octanol–water partition coefficient (Wildman–Crippen LogP) is 1.26. The number of ether oxygens (including phenoxy) is 1. The molecule has 0 saturated carbocycles. The van der Waals surface area contributed by atoms with Crippen LogP contribution in [0, 0.1) is 0 Å². The molecular weight excluding hydrogens is 188 g/mol. The van der Waals surface area contributed by atoms with E-state index in [1.54, 1.807) is 0 Å². The lowest BCUT2D eigenvalue weighted by molar-refractivity contribution is 0.107. The zero-order chi connectivity index (χ0) is 10.9. The van der Waals surface area contributed by atoms with Gasteiger partial charge in [-0.2, -0.15) is 0 Å². The van der Waals surface area contributed by atoms with Crippen molar-refractivity contribution in [3.63, 3.8) is 0 Å². The van der Waals surface area contributed by atoms with Crippen molar-refractivity contribution in [3.8, 4) is 0 Å². The summed E-state index contributed by atoms with van der Waals surface area (Å²) in [7, 11) is 0. The van der Waals surface area contributed by atoms with Gasteiger partial charge in [0.1, 0.15) is 0 Å². The summed E-state index contributed by atoms with van der Waals surface area (Å²) < 4.78 is 5.52. The minimum absolute atomic E-state index is 0.612. The van der Waals surface area contributed by atoms with Gasteiger partial charge in [0.05, 0.1) is 13.2 Å². The van der Waals surface area contributed by atoms with E-state index >= 15 is 0 Å². The van der Waals surface area contributed by atoms with Crippen molar-refractivity contribution in [2.45, 2.75) is 25.8 Å². The Morgan fingerprint density at radius 3 is 3.20 bits per heavy atom. The van der Waals surface area contributed by atoms with Gasteiger partial charge in [-0.25, -0.2) is 0 Å². The number of nitrogens with zero attached hydrogens (tertiary/aromatic N) is 1. The van der Waals surface area contributed by atoms with Crippen molar-refractivity contribution >= 4 is 0 Å². The van der Waals surface area contributed by atoms with Gasteiger partial charge in [-0.15, -0.1) is 6.58 Å². The van der Waals surface area contributed by atoms with E-state index in [9.17, 15) is 0 Å². The lowest BCUT2D eigenvalue weighted by Gasteiger charge is -2.21. The summed E-state index contributed by atoms with van der Waals surface area (Å²) >= 11 is 0. The van der Waals surface area contributed by atoms with Crippen LogP contribution in [0.4, 0.5) is 0 Å². The Labute approximate surface area is 93.5 Å². The minimum Gasteiger partial charge on any atom is -0.380 e. The molecule has 0 aromatic heterocycles. The van der Waals surface area contributed by atoms with Gasteiger partial charge in [0.15, 0.2) is 0 Å². The van der Waals surface area contributed by atoms with Crippen molar-refractivity contribution in [2.75, 3.05) is 39.4 Å². The van der Waals surface area contributed by atoms with Crippen molar-refractivity contribution in [2.24, 2.45) is 0 Å². The Balaban J connectivity index is 2.05. The zero-order valence-corrected chi connectivity index (χ0v) is 9.87. The average molecular weight is 212 g/mol. The topological polar surface area (TPSA) is 24.5 Å². The molecule has 0 amide bonds. The third-order valence-corrected chi connectivity index (χ3v) is 2.69. The van der Waals surface area contributed by atoms with E-state index < -0.39 is 0 Å². The standard InChI is InChI=1S/C12H24N2O/c1-3-4-9-15-10-8-14-7-5-6-13-12(2)11-14/h3,12-13H,1,4-11H2,2H3. The highest BCUT2D eigenvalue weighted by atomic mass is 16.5. The van der Waals surface area contributed by atoms with Crippen molar-refractivity contribution in [3.05, 3.63) is 12.7 Å². The van der Waals surface area contributed by atoms with Crippen molar-refractivity contribution < 1.29 is 4.74 Å². The highest BCUT2D eigenvalue weighted by Gasteiger charge is 2.12. The van der Waals surface area contributed by atoms with Gasteiger partial charge in [-0.1, -0.05) is 6.08 Å². The fourth-order valence-electron chi connectivity index (χ4n) is 1.86. The maximum Gasteiger partial charge on any atom is 0.0593 e. The van der Waals surface area contributed by atoms with Crippen LogP contribution < -0.4 is 5.32 Å². The number of hydrogen-bond donors (Lipinski definition) is 1. The van der Waals surface area contributed by atoms with Crippen LogP contribution in [-0.4, -0.2) is 50.3 Å². The monoisotopic (exact) mass is 212 g/mol. The Bertz CT molecular complexity index is 173. The summed E-state index contributed by atoms with van der Waals surface area (Å²) in [4.78, 5) is 2.48. The molecule has 0 bridgehead atoms. The molecule has 3 heteroatoms. The molecule has 1 unspecified atom stereocenters. The maximum atomic E-state index is 5.52. The van der Waals surface area contributed by atoms with Crippen LogP contribution >= 0.6 is 0 Å². The SMILES string of the molecule is C=CCCOCCN1CCCNC(C)C1. The molecule has 3 nitrogen and oxygen atoms in total. The van der Waals surface area contributed by atoms with E-state index in [0.717, 1.165) is 39.3 Å². The molecular formula is C12H24N2O. The molecule has 0 aromatic rings. The first-order valence-electron chi connectivity index (χ1n) is 5.97. The zero-order valence-electron chi connectivity index (χ0n) is 9.87. The van der Waals surface area contributed by atoms with Gasteiger partial charge in [-0.3, -0.25) is 4.90 Å². The van der Waals surface area contributed by atoms with Crippen LogP contribution in [0.2, 0.25) is 0 Å². The van der Waals surface area contributed by atoms with Crippen LogP contribution in [0.15, 0.2) is 12.7 Å². The van der Waals surface area contributed by atoms with Gasteiger partial charge >= 0.3 is 0 Å². The number of hydrogen-bond acceptors (Lipinski definition) is 3. The number of nitrogens with one attached hydrogen (secondary N) is 1. The van der Waals surface area contributed by atoms with E-state index in [-0.39, 0.29) is 0 Å². The molecule has 0 aromatic carbocycles. The van der Waals surface area contributed by atoms with E-state index in [4.69, 9.17) is 4.74 Å². The van der Waals surface area contributed by atoms with Crippen LogP contribution in [0.1, 0.15) is 19.8 Å². The lowest BCUT2D eigenvalue weighted by atomic mass is 10.3. The highest BCUT2D eigenvalue weighted by Crippen LogP contribution is 1.99. The summed E-state index contributed by atoms with van der Waals surface area (Å²) in [5, 5.41) is 3.49. The Morgan fingerprint density at radius 1 is 1.53 bits per heavy atom. The van der Waals surface area contributed by atoms with Crippen LogP contribution in [0.5, 0.6) is 0 Å². The molecule has 0 radical (unpaired) electrons. The van der Waals surface area contributed by atoms with Gasteiger partial charge in [0, 0.05) is 19.1 Å². The van der Waals surface area contributed by atoms with Gasteiger partial charge < -0.3 is 10.1 Å². The average Bonchev–Trinajstić information content (AvgIpc) is 2.43. The van der Waals surface area contributed by atoms with E-state index in [0.29, 0.717) is 6.04 Å². The second kappa shape index (κ2) is 7.85. The van der Waals surface area contributed by atoms with Crippen molar-refractivity contribution in [1.29, 1.82) is 0 Å². The normalized spacial score (nSPS) is 23.7. The van der Waals surface area contributed by atoms with Crippen LogP contribution in [-0.2, 0) is 4.74 Å². The molecule has 1 rings (SSSR count). The Kier molecular flexibility index (Phi) is 6.64. The summed E-state index contributed by atoms with van der Waals surface area (Å²) in [5.41, 5.74) is 0. The van der Waals surface area contributed by atoms with E-state index in [1.807, 2.05) is 6.08 Å². The first-order chi connectivity index (χ1) is 7.33. The molecule has 0 spiro atoms. The minimum atomic E-state index is 0.612. The van der Waals surface area contributed by atoms with Crippen molar-refractivity contribution in [1.82, 2.24) is 10.2 Å². The third-order valence-electron chi connectivity index (χ3n) is 2.69. The molecule has 15 heavy (non-hydrogen) atoms. The lowest BCUT2D eigenvalue weighted by Crippen LogP contribution is -2.36. The summed E-state index contributed by atoms with van der Waals surface area (Å²) in [6.45, 7) is 12.1. The first kappa shape index (κ1) is 12.7. The van der Waals surface area contributed by atoms with E-state index in [2.05, 4.69) is 23.7 Å². The van der Waals surface area contributed by atoms with Gasteiger partial charge in [-0.05, 0) is 32.9 Å². The number of rotatable bonds is 6. The Hall–Kier alpha value is -0.380. The predicted molar refractivity (Wildman–Crippen MR) is 64.2 cm³/mol. The Morgan fingerprint density at radius 2 is 2.40 bits per heavy atom. The van der Waals surface area contributed by atoms with Crippen LogP contribution in [0.3, 0.4) is 0 Å². The molecule has 1 N–H and O–H groups in total. The highest BCUT2D eigenvalue weighted by molar-refractivity contribution is 4.72. The first-order valence-corrected chi connectivity index (χ1v) is 5.97. The molecule has 1 atom stereocenters. The summed E-state index contributed by atoms with van der Waals surface area (Å²) in [5.74, 6) is 0. The fraction of sp³-hybridized carbons (Fsp3) is 0.833. The van der Waals surface area contributed by atoms with Crippen LogP contribution in [0.25, 0.3) is 0 Å². The molecule has 1 saturated heterocycles. The molecule has 88 valence electrons. The smallest absolute Gasteiger partial charge is 0.0593 e. The molecule has 1 aliphatic heterocycles. The molecule has 1 fully saturated rings. The second-order valence-electron chi connectivity index (χ2n) is 4.20. The summed E-state index contributed by atoms with van der Waals surface area (Å²) in [6, 6.07) is 0.612. The maximum absolute atomic E-state index is 5.52. The molecule has 0 aliphatic carbocycles. The largest absolute Gasteiger partial charge is 0.380 e. The quantitative estimate of drug-likeness (QED) is 0.530. The second-order valence-corrected chi connectivity index (χ2v) is 4.20. The fourth-order valence-corrected chi connectivity index (χ4v) is 1.86. The summed E-state index contributed by atoms with van der Waals surface area (Å²) in [6.07, 6.45) is 4.10. The van der Waals surface area contributed by atoms with Gasteiger partial charge in [0.2, 0.25) is 0 Å². The third kappa shape index (κ3) is 5.92.